The summed E-state index contributed by atoms with van der Waals surface area (Å²) >= 11 is 1.39. The summed E-state index contributed by atoms with van der Waals surface area (Å²) in [6, 6.07) is 0. The fourth-order valence-electron chi connectivity index (χ4n) is 2.82. The lowest BCUT2D eigenvalue weighted by molar-refractivity contribution is 0.0948. The molecule has 0 radical (unpaired) electrons. The number of nitrogens with one attached hydrogen (secondary N) is 1. The van der Waals surface area contributed by atoms with Gasteiger partial charge in [0.2, 0.25) is 0 Å². The zero-order chi connectivity index (χ0) is 15.2. The summed E-state index contributed by atoms with van der Waals surface area (Å²) in [6.45, 7) is 6.64. The highest BCUT2D eigenvalue weighted by Gasteiger charge is 2.20. The smallest absolute Gasteiger partial charge is 0.265 e. The average Bonchev–Trinajstić information content (AvgIpc) is 2.89. The van der Waals surface area contributed by atoms with Crippen LogP contribution in [-0.4, -0.2) is 30.5 Å². The number of rotatable bonds is 6. The van der Waals surface area contributed by atoms with Crippen molar-refractivity contribution in [3.05, 3.63) is 4.88 Å². The van der Waals surface area contributed by atoms with Crippen LogP contribution < -0.4 is 16.0 Å². The van der Waals surface area contributed by atoms with E-state index in [1.165, 1.54) is 43.4 Å². The maximum atomic E-state index is 12.3. The fourth-order valence-corrected chi connectivity index (χ4v) is 3.85. The molecule has 3 N–H and O–H groups in total. The number of nitrogen functional groups attached to an aromatic ring is 1. The van der Waals surface area contributed by atoms with Crippen molar-refractivity contribution in [2.45, 2.75) is 46.0 Å². The van der Waals surface area contributed by atoms with Crippen molar-refractivity contribution in [1.29, 1.82) is 0 Å². The van der Waals surface area contributed by atoms with E-state index < -0.39 is 0 Å². The maximum Gasteiger partial charge on any atom is 0.265 e. The van der Waals surface area contributed by atoms with Crippen molar-refractivity contribution < 1.29 is 4.79 Å². The number of carbonyl (C=O) groups excluding carboxylic acids is 1. The summed E-state index contributed by atoms with van der Waals surface area (Å²) in [5.74, 6) is 0.899. The lowest BCUT2D eigenvalue weighted by Crippen LogP contribution is -2.30. The third-order valence-corrected chi connectivity index (χ3v) is 5.29. The number of carbonyl (C=O) groups is 1. The van der Waals surface area contributed by atoms with Crippen LogP contribution in [-0.2, 0) is 0 Å². The molecule has 5 nitrogen and oxygen atoms in total. The molecular weight excluding hydrogens is 284 g/mol. The van der Waals surface area contributed by atoms with Crippen molar-refractivity contribution in [1.82, 2.24) is 10.3 Å². The van der Waals surface area contributed by atoms with Gasteiger partial charge >= 0.3 is 0 Å². The van der Waals surface area contributed by atoms with E-state index in [2.05, 4.69) is 29.0 Å². The zero-order valence-corrected chi connectivity index (χ0v) is 13.8. The van der Waals surface area contributed by atoms with Crippen molar-refractivity contribution in [2.24, 2.45) is 5.92 Å². The third kappa shape index (κ3) is 4.09. The van der Waals surface area contributed by atoms with E-state index >= 15 is 0 Å². The van der Waals surface area contributed by atoms with E-state index in [9.17, 15) is 4.79 Å². The van der Waals surface area contributed by atoms with E-state index in [1.807, 2.05) is 0 Å². The minimum Gasteiger partial charge on any atom is -0.382 e. The summed E-state index contributed by atoms with van der Waals surface area (Å²) in [5, 5.41) is 3.86. The Labute approximate surface area is 130 Å². The van der Waals surface area contributed by atoms with E-state index in [0.717, 1.165) is 24.8 Å². The molecule has 1 heterocycles. The van der Waals surface area contributed by atoms with Gasteiger partial charge in [0.25, 0.3) is 5.91 Å². The topological polar surface area (TPSA) is 71.2 Å². The van der Waals surface area contributed by atoms with E-state index in [0.29, 0.717) is 16.6 Å². The van der Waals surface area contributed by atoms with Crippen molar-refractivity contribution in [2.75, 3.05) is 30.3 Å². The molecule has 1 aliphatic carbocycles. The van der Waals surface area contributed by atoms with Crippen LogP contribution in [0.1, 0.15) is 55.6 Å². The highest BCUT2D eigenvalue weighted by molar-refractivity contribution is 7.18. The first-order valence-corrected chi connectivity index (χ1v) is 8.76. The molecule has 0 saturated heterocycles. The van der Waals surface area contributed by atoms with Crippen LogP contribution in [0.3, 0.4) is 0 Å². The molecule has 0 spiro atoms. The summed E-state index contributed by atoms with van der Waals surface area (Å²) in [6.07, 6.45) is 6.36. The standard InChI is InChI=1S/C15H26N4OS/c1-3-19(4-2)15-18-13(16)12(21-15)14(20)17-10-11-8-6-5-7-9-11/h11H,3-10,16H2,1-2H3,(H,17,20). The quantitative estimate of drug-likeness (QED) is 0.847. The molecule has 0 unspecified atom stereocenters. The first-order chi connectivity index (χ1) is 10.2. The van der Waals surface area contributed by atoms with Gasteiger partial charge < -0.3 is 16.0 Å². The van der Waals surface area contributed by atoms with Crippen molar-refractivity contribution >= 4 is 28.2 Å². The first kappa shape index (κ1) is 16.1. The van der Waals surface area contributed by atoms with Crippen LogP contribution in [0.15, 0.2) is 0 Å². The van der Waals surface area contributed by atoms with E-state index in [1.54, 1.807) is 0 Å². The number of anilines is 2. The number of nitrogens with zero attached hydrogens (tertiary/aromatic N) is 2. The largest absolute Gasteiger partial charge is 0.382 e. The second kappa shape index (κ2) is 7.64. The first-order valence-electron chi connectivity index (χ1n) is 7.95. The van der Waals surface area contributed by atoms with Gasteiger partial charge in [-0.1, -0.05) is 30.6 Å². The number of amides is 1. The van der Waals surface area contributed by atoms with E-state index in [-0.39, 0.29) is 5.91 Å². The number of hydrogen-bond donors (Lipinski definition) is 2. The van der Waals surface area contributed by atoms with Gasteiger partial charge in [0.05, 0.1) is 0 Å². The molecular formula is C15H26N4OS. The molecule has 0 atom stereocenters. The molecule has 2 rings (SSSR count). The minimum absolute atomic E-state index is 0.0750. The van der Waals surface area contributed by atoms with Gasteiger partial charge in [-0.25, -0.2) is 4.98 Å². The highest BCUT2D eigenvalue weighted by Crippen LogP contribution is 2.28. The second-order valence-corrected chi connectivity index (χ2v) is 6.57. The number of hydrogen-bond acceptors (Lipinski definition) is 5. The molecule has 1 aromatic rings. The summed E-state index contributed by atoms with van der Waals surface area (Å²) < 4.78 is 0. The predicted octanol–water partition coefficient (Wildman–Crippen LogP) is 2.88. The molecule has 6 heteroatoms. The number of thiazole rings is 1. The van der Waals surface area contributed by atoms with Crippen LogP contribution in [0.25, 0.3) is 0 Å². The zero-order valence-electron chi connectivity index (χ0n) is 13.0. The Morgan fingerprint density at radius 1 is 1.33 bits per heavy atom. The minimum atomic E-state index is -0.0750. The normalized spacial score (nSPS) is 15.9. The van der Waals surface area contributed by atoms with Crippen molar-refractivity contribution in [3.8, 4) is 0 Å². The second-order valence-electron chi connectivity index (χ2n) is 5.60. The van der Waals surface area contributed by atoms with Gasteiger partial charge in [-0.2, -0.15) is 0 Å². The fraction of sp³-hybridized carbons (Fsp3) is 0.733. The lowest BCUT2D eigenvalue weighted by Gasteiger charge is -2.21. The lowest BCUT2D eigenvalue weighted by atomic mass is 9.89. The molecule has 118 valence electrons. The van der Waals surface area contributed by atoms with Gasteiger partial charge in [0.15, 0.2) is 5.13 Å². The van der Waals surface area contributed by atoms with Crippen LogP contribution in [0, 0.1) is 5.92 Å². The summed E-state index contributed by atoms with van der Waals surface area (Å²) in [5.41, 5.74) is 5.91. The molecule has 1 amide bonds. The highest BCUT2D eigenvalue weighted by atomic mass is 32.1. The Morgan fingerprint density at radius 3 is 2.62 bits per heavy atom. The molecule has 1 saturated carbocycles. The molecule has 0 bridgehead atoms. The summed E-state index contributed by atoms with van der Waals surface area (Å²) in [7, 11) is 0. The van der Waals surface area contributed by atoms with Crippen LogP contribution >= 0.6 is 11.3 Å². The SMILES string of the molecule is CCN(CC)c1nc(N)c(C(=O)NCC2CCCCC2)s1. The molecule has 21 heavy (non-hydrogen) atoms. The third-order valence-electron chi connectivity index (χ3n) is 4.16. The Balaban J connectivity index is 1.95. The Bertz CT molecular complexity index is 464. The van der Waals surface area contributed by atoms with Crippen molar-refractivity contribution in [3.63, 3.8) is 0 Å². The van der Waals surface area contributed by atoms with Crippen LogP contribution in [0.5, 0.6) is 0 Å². The van der Waals surface area contributed by atoms with Gasteiger partial charge in [-0.3, -0.25) is 4.79 Å². The van der Waals surface area contributed by atoms with Gasteiger partial charge in [0.1, 0.15) is 10.7 Å². The Morgan fingerprint density at radius 2 is 2.00 bits per heavy atom. The Hall–Kier alpha value is -1.30. The number of nitrogens with two attached hydrogens (primary N) is 1. The molecule has 0 aromatic carbocycles. The molecule has 0 aliphatic heterocycles. The Kier molecular flexibility index (Phi) is 5.85. The van der Waals surface area contributed by atoms with E-state index in [4.69, 9.17) is 5.73 Å². The van der Waals surface area contributed by atoms with Gasteiger partial charge in [0, 0.05) is 19.6 Å². The van der Waals surface area contributed by atoms with Crippen LogP contribution in [0.4, 0.5) is 10.9 Å². The van der Waals surface area contributed by atoms with Gasteiger partial charge in [-0.15, -0.1) is 0 Å². The van der Waals surface area contributed by atoms with Crippen LogP contribution in [0.2, 0.25) is 0 Å². The molecule has 1 aromatic heterocycles. The average molecular weight is 310 g/mol. The number of aromatic nitrogens is 1. The predicted molar refractivity (Wildman–Crippen MR) is 89.0 cm³/mol. The molecule has 1 fully saturated rings. The molecule has 1 aliphatic rings. The summed E-state index contributed by atoms with van der Waals surface area (Å²) in [4.78, 5) is 19.3. The monoisotopic (exact) mass is 310 g/mol. The van der Waals surface area contributed by atoms with Gasteiger partial charge in [-0.05, 0) is 32.6 Å². The maximum absolute atomic E-state index is 12.3.